The fraction of sp³-hybridized carbons (Fsp3) is 0.263. The lowest BCUT2D eigenvalue weighted by molar-refractivity contribution is -0.123. The molecule has 0 aromatic heterocycles. The lowest BCUT2D eigenvalue weighted by Crippen LogP contribution is -2.32. The van der Waals surface area contributed by atoms with Gasteiger partial charge in [0.1, 0.15) is 11.4 Å². The molecular weight excluding hydrogens is 308 g/mol. The number of Topliss-reactive ketones (excluding diaryl/α,β-unsaturated/α-hetero) is 1. The Bertz CT molecular complexity index is 826. The summed E-state index contributed by atoms with van der Waals surface area (Å²) < 4.78 is 0. The van der Waals surface area contributed by atoms with Crippen molar-refractivity contribution in [3.8, 4) is 11.1 Å². The molecule has 2 aromatic carbocycles. The van der Waals surface area contributed by atoms with E-state index in [4.69, 9.17) is 17.3 Å². The van der Waals surface area contributed by atoms with Crippen molar-refractivity contribution in [2.24, 2.45) is 16.6 Å². The van der Waals surface area contributed by atoms with E-state index in [0.29, 0.717) is 10.9 Å². The Balaban J connectivity index is 1.83. The van der Waals surface area contributed by atoms with Gasteiger partial charge in [0.2, 0.25) is 0 Å². The number of carbonyl (C=O) groups excluding carboxylic acids is 1. The predicted molar refractivity (Wildman–Crippen MR) is 92.5 cm³/mol. The van der Waals surface area contributed by atoms with Crippen LogP contribution >= 0.6 is 11.6 Å². The second kappa shape index (κ2) is 5.20. The number of benzene rings is 2. The average Bonchev–Trinajstić information content (AvgIpc) is 3.33. The molecule has 3 nitrogen and oxygen atoms in total. The maximum absolute atomic E-state index is 12.7. The molecule has 1 heterocycles. The maximum atomic E-state index is 12.7. The summed E-state index contributed by atoms with van der Waals surface area (Å²) in [5.41, 5.74) is 8.14. The van der Waals surface area contributed by atoms with Crippen molar-refractivity contribution in [2.75, 3.05) is 0 Å². The Morgan fingerprint density at radius 1 is 1.09 bits per heavy atom. The molecule has 0 bridgehead atoms. The Labute approximate surface area is 140 Å². The van der Waals surface area contributed by atoms with Crippen LogP contribution in [0.1, 0.15) is 24.8 Å². The van der Waals surface area contributed by atoms with Crippen LogP contribution in [0.5, 0.6) is 0 Å². The van der Waals surface area contributed by atoms with Gasteiger partial charge >= 0.3 is 0 Å². The zero-order chi connectivity index (χ0) is 16.0. The van der Waals surface area contributed by atoms with Crippen LogP contribution in [0.15, 0.2) is 53.5 Å². The van der Waals surface area contributed by atoms with Crippen molar-refractivity contribution in [1.82, 2.24) is 0 Å². The molecule has 2 N–H and O–H groups in total. The predicted octanol–water partition coefficient (Wildman–Crippen LogP) is 3.94. The molecule has 0 spiro atoms. The Kier molecular flexibility index (Phi) is 3.27. The first-order valence-electron chi connectivity index (χ1n) is 7.83. The summed E-state index contributed by atoms with van der Waals surface area (Å²) >= 11 is 6.10. The molecule has 4 heteroatoms. The number of halogens is 1. The maximum Gasteiger partial charge on any atom is 0.172 e. The molecular formula is C19H17ClN2O. The minimum Gasteiger partial charge on any atom is -0.387 e. The zero-order valence-corrected chi connectivity index (χ0v) is 13.4. The zero-order valence-electron chi connectivity index (χ0n) is 12.6. The number of hydrogen-bond acceptors (Lipinski definition) is 3. The minimum atomic E-state index is -0.765. The summed E-state index contributed by atoms with van der Waals surface area (Å²) in [5.74, 6) is 0.862. The molecule has 1 aliphatic heterocycles. The monoisotopic (exact) mass is 324 g/mol. The normalized spacial score (nSPS) is 23.9. The van der Waals surface area contributed by atoms with Gasteiger partial charge in [-0.15, -0.1) is 0 Å². The van der Waals surface area contributed by atoms with E-state index in [1.54, 1.807) is 0 Å². The third-order valence-electron chi connectivity index (χ3n) is 4.72. The molecule has 0 amide bonds. The van der Waals surface area contributed by atoms with Crippen LogP contribution in [0.2, 0.25) is 5.02 Å². The summed E-state index contributed by atoms with van der Waals surface area (Å²) in [4.78, 5) is 17.3. The van der Waals surface area contributed by atoms with Crippen LogP contribution in [0, 0.1) is 5.92 Å². The SMILES string of the molecule is NC1=NC(c2cccc(-c3cccc(Cl)c3)c2)(C2CC2)C(=O)C1. The number of hydrogen-bond donors (Lipinski definition) is 1. The van der Waals surface area contributed by atoms with Crippen molar-refractivity contribution in [3.05, 3.63) is 59.1 Å². The van der Waals surface area contributed by atoms with Gasteiger partial charge in [-0.05, 0) is 53.6 Å². The lowest BCUT2D eigenvalue weighted by atomic mass is 9.81. The number of nitrogens with zero attached hydrogens (tertiary/aromatic N) is 1. The highest BCUT2D eigenvalue weighted by molar-refractivity contribution is 6.30. The van der Waals surface area contributed by atoms with Crippen LogP contribution in [0.4, 0.5) is 0 Å². The van der Waals surface area contributed by atoms with Crippen LogP contribution in [0.3, 0.4) is 0 Å². The molecule has 2 aliphatic rings. The van der Waals surface area contributed by atoms with Crippen LogP contribution in [-0.2, 0) is 10.3 Å². The highest BCUT2D eigenvalue weighted by Gasteiger charge is 2.54. The van der Waals surface area contributed by atoms with E-state index in [0.717, 1.165) is 29.5 Å². The smallest absolute Gasteiger partial charge is 0.172 e. The standard InChI is InChI=1S/C19H17ClN2O/c20-16-6-2-4-13(10-16)12-3-1-5-15(9-12)19(14-7-8-14)17(23)11-18(21)22-19/h1-6,9-10,14H,7-8,11H2,(H2,21,22). The minimum absolute atomic E-state index is 0.126. The molecule has 1 unspecified atom stereocenters. The van der Waals surface area contributed by atoms with Crippen LogP contribution in [0.25, 0.3) is 11.1 Å². The summed E-state index contributed by atoms with van der Waals surface area (Å²) in [5, 5.41) is 0.698. The number of aliphatic imine (C=N–C) groups is 1. The number of carbonyl (C=O) groups is 1. The first-order chi connectivity index (χ1) is 11.1. The molecule has 1 saturated carbocycles. The molecule has 2 aromatic rings. The van der Waals surface area contributed by atoms with Gasteiger partial charge in [0.15, 0.2) is 5.78 Å². The van der Waals surface area contributed by atoms with E-state index in [1.807, 2.05) is 42.5 Å². The van der Waals surface area contributed by atoms with Crippen LogP contribution in [-0.4, -0.2) is 11.6 Å². The lowest BCUT2D eigenvalue weighted by Gasteiger charge is -2.25. The summed E-state index contributed by atoms with van der Waals surface area (Å²) in [7, 11) is 0. The Morgan fingerprint density at radius 2 is 1.78 bits per heavy atom. The Hall–Kier alpha value is -2.13. The van der Waals surface area contributed by atoms with Gasteiger partial charge < -0.3 is 5.73 Å². The first kappa shape index (κ1) is 14.5. The highest BCUT2D eigenvalue weighted by Crippen LogP contribution is 2.51. The number of amidine groups is 1. The molecule has 1 fully saturated rings. The van der Waals surface area contributed by atoms with Gasteiger partial charge in [-0.3, -0.25) is 9.79 Å². The molecule has 0 saturated heterocycles. The molecule has 23 heavy (non-hydrogen) atoms. The van der Waals surface area contributed by atoms with Crippen molar-refractivity contribution in [1.29, 1.82) is 0 Å². The second-order valence-electron chi connectivity index (χ2n) is 6.33. The van der Waals surface area contributed by atoms with Crippen LogP contribution < -0.4 is 5.73 Å². The summed E-state index contributed by atoms with van der Waals surface area (Å²) in [6, 6.07) is 15.8. The van der Waals surface area contributed by atoms with E-state index < -0.39 is 5.54 Å². The van der Waals surface area contributed by atoms with Gasteiger partial charge in [0.05, 0.1) is 6.42 Å². The average molecular weight is 325 g/mol. The third kappa shape index (κ3) is 2.36. The van der Waals surface area contributed by atoms with E-state index in [1.165, 1.54) is 0 Å². The van der Waals surface area contributed by atoms with Crippen molar-refractivity contribution in [2.45, 2.75) is 24.8 Å². The highest BCUT2D eigenvalue weighted by atomic mass is 35.5. The number of nitrogens with two attached hydrogens (primary N) is 1. The Morgan fingerprint density at radius 3 is 2.39 bits per heavy atom. The molecule has 1 atom stereocenters. The third-order valence-corrected chi connectivity index (χ3v) is 4.95. The van der Waals surface area contributed by atoms with E-state index in [9.17, 15) is 4.79 Å². The summed E-state index contributed by atoms with van der Waals surface area (Å²) in [6.07, 6.45) is 2.33. The fourth-order valence-corrected chi connectivity index (χ4v) is 3.70. The molecule has 1 aliphatic carbocycles. The first-order valence-corrected chi connectivity index (χ1v) is 8.21. The molecule has 116 valence electrons. The quantitative estimate of drug-likeness (QED) is 0.929. The largest absolute Gasteiger partial charge is 0.387 e. The van der Waals surface area contributed by atoms with Crippen molar-refractivity contribution in [3.63, 3.8) is 0 Å². The number of rotatable bonds is 3. The van der Waals surface area contributed by atoms with Gasteiger partial charge in [0.25, 0.3) is 0 Å². The van der Waals surface area contributed by atoms with Gasteiger partial charge in [-0.25, -0.2) is 0 Å². The van der Waals surface area contributed by atoms with E-state index >= 15 is 0 Å². The summed E-state index contributed by atoms with van der Waals surface area (Å²) in [6.45, 7) is 0. The molecule has 0 radical (unpaired) electrons. The van der Waals surface area contributed by atoms with Gasteiger partial charge in [-0.1, -0.05) is 41.9 Å². The number of ketones is 1. The van der Waals surface area contributed by atoms with Gasteiger partial charge in [-0.2, -0.15) is 0 Å². The topological polar surface area (TPSA) is 55.4 Å². The second-order valence-corrected chi connectivity index (χ2v) is 6.77. The van der Waals surface area contributed by atoms with E-state index in [-0.39, 0.29) is 18.1 Å². The van der Waals surface area contributed by atoms with Crippen molar-refractivity contribution >= 4 is 23.2 Å². The van der Waals surface area contributed by atoms with E-state index in [2.05, 4.69) is 11.1 Å². The van der Waals surface area contributed by atoms with Crippen molar-refractivity contribution < 1.29 is 4.79 Å². The fourth-order valence-electron chi connectivity index (χ4n) is 3.51. The molecule has 4 rings (SSSR count). The van der Waals surface area contributed by atoms with Gasteiger partial charge in [0, 0.05) is 5.02 Å².